The lowest BCUT2D eigenvalue weighted by molar-refractivity contribution is 0.332. The third-order valence-corrected chi connectivity index (χ3v) is 14.0. The minimum Gasteiger partial charge on any atom is -0.456 e. The zero-order valence-electron chi connectivity index (χ0n) is 35.6. The molecule has 63 heavy (non-hydrogen) atoms. The maximum absolute atomic E-state index is 6.42. The van der Waals surface area contributed by atoms with Crippen molar-refractivity contribution in [2.24, 2.45) is 0 Å². The van der Waals surface area contributed by atoms with Gasteiger partial charge >= 0.3 is 0 Å². The summed E-state index contributed by atoms with van der Waals surface area (Å²) in [7, 11) is 0. The molecule has 4 aromatic heterocycles. The molecule has 0 atom stereocenters. The molecule has 0 N–H and O–H groups in total. The molecule has 0 bridgehead atoms. The number of rotatable bonds is 4. The number of nitrogens with zero attached hydrogens (tertiary/aromatic N) is 5. The minimum atomic E-state index is 0.0260. The van der Waals surface area contributed by atoms with Crippen LogP contribution in [0.4, 0.5) is 0 Å². The van der Waals surface area contributed by atoms with E-state index < -0.39 is 0 Å². The van der Waals surface area contributed by atoms with Crippen molar-refractivity contribution in [3.05, 3.63) is 175 Å². The molecule has 302 valence electrons. The van der Waals surface area contributed by atoms with Gasteiger partial charge in [-0.1, -0.05) is 137 Å². The molecule has 0 amide bonds. The van der Waals surface area contributed by atoms with Crippen molar-refractivity contribution in [2.75, 3.05) is 0 Å². The summed E-state index contributed by atoms with van der Waals surface area (Å²) in [4.78, 5) is 16.3. The van der Waals surface area contributed by atoms with Gasteiger partial charge in [0.05, 0.1) is 22.1 Å². The molecule has 1 aliphatic rings. The summed E-state index contributed by atoms with van der Waals surface area (Å²) in [5.41, 5.74) is 12.0. The monoisotopic (exact) mass is 813 g/mol. The van der Waals surface area contributed by atoms with Crippen LogP contribution in [0.3, 0.4) is 0 Å². The summed E-state index contributed by atoms with van der Waals surface area (Å²) in [6.45, 7) is 9.66. The van der Waals surface area contributed by atoms with E-state index in [1.54, 1.807) is 0 Å². The third-order valence-electron chi connectivity index (χ3n) is 14.0. The van der Waals surface area contributed by atoms with Gasteiger partial charge in [0.15, 0.2) is 11.6 Å². The predicted molar refractivity (Wildman–Crippen MR) is 259 cm³/mol. The van der Waals surface area contributed by atoms with Gasteiger partial charge in [-0.3, -0.25) is 4.57 Å². The van der Waals surface area contributed by atoms with Crippen molar-refractivity contribution >= 4 is 76.3 Å². The average molecular weight is 814 g/mol. The van der Waals surface area contributed by atoms with E-state index in [-0.39, 0.29) is 10.8 Å². The smallest absolute Gasteiger partial charge is 0.238 e. The summed E-state index contributed by atoms with van der Waals surface area (Å²) in [6.07, 6.45) is 2.28. The Hall–Kier alpha value is -7.57. The Morgan fingerprint density at radius 3 is 1.97 bits per heavy atom. The van der Waals surface area contributed by atoms with E-state index in [1.807, 2.05) is 12.1 Å². The van der Waals surface area contributed by atoms with Crippen LogP contribution in [0.1, 0.15) is 51.7 Å². The molecule has 0 unspecified atom stereocenters. The number of hydrogen-bond acceptors (Lipinski definition) is 4. The SMILES string of the molecule is CC1(C)CCC(C)(C)c2cc3c(cc21)c1c(ccc2c4ccccc4n(-c4nc(-c5ccc6c(c5)oc5ccccc56)nc(-c5cccc6ccccc56)n4)c21)n3-c1ccccc1. The highest BCUT2D eigenvalue weighted by Gasteiger charge is 2.38. The zero-order valence-corrected chi connectivity index (χ0v) is 35.6. The molecule has 0 saturated carbocycles. The third kappa shape index (κ3) is 5.27. The average Bonchev–Trinajstić information content (AvgIpc) is 3.97. The van der Waals surface area contributed by atoms with E-state index in [1.165, 1.54) is 27.4 Å². The van der Waals surface area contributed by atoms with Crippen molar-refractivity contribution in [2.45, 2.75) is 51.4 Å². The second-order valence-corrected chi connectivity index (χ2v) is 18.7. The molecule has 0 spiro atoms. The lowest BCUT2D eigenvalue weighted by atomic mass is 9.63. The highest BCUT2D eigenvalue weighted by Crippen LogP contribution is 2.50. The van der Waals surface area contributed by atoms with Gasteiger partial charge in [0, 0.05) is 49.1 Å². The van der Waals surface area contributed by atoms with Crippen molar-refractivity contribution in [1.29, 1.82) is 0 Å². The number of fused-ring (bicyclic) bond motifs is 12. The van der Waals surface area contributed by atoms with Crippen LogP contribution in [-0.4, -0.2) is 24.1 Å². The lowest BCUT2D eigenvalue weighted by Crippen LogP contribution is -2.33. The molecule has 6 heteroatoms. The van der Waals surface area contributed by atoms with Crippen LogP contribution in [0, 0.1) is 0 Å². The van der Waals surface area contributed by atoms with Gasteiger partial charge in [0.1, 0.15) is 11.2 Å². The first-order valence-electron chi connectivity index (χ1n) is 22.0. The minimum absolute atomic E-state index is 0.0260. The van der Waals surface area contributed by atoms with E-state index in [9.17, 15) is 0 Å². The molecule has 0 aliphatic heterocycles. The van der Waals surface area contributed by atoms with Crippen LogP contribution in [0.5, 0.6) is 0 Å². The van der Waals surface area contributed by atoms with Crippen LogP contribution >= 0.6 is 0 Å². The molecule has 12 aromatic rings. The fourth-order valence-electron chi connectivity index (χ4n) is 10.7. The Balaban J connectivity index is 1.17. The second-order valence-electron chi connectivity index (χ2n) is 18.7. The maximum atomic E-state index is 6.42. The number of hydrogen-bond donors (Lipinski definition) is 0. The fraction of sp³-hybridized carbons (Fsp3) is 0.140. The fourth-order valence-corrected chi connectivity index (χ4v) is 10.7. The lowest BCUT2D eigenvalue weighted by Gasteiger charge is -2.42. The topological polar surface area (TPSA) is 61.7 Å². The molecular weight excluding hydrogens is 771 g/mol. The van der Waals surface area contributed by atoms with Gasteiger partial charge in [0.2, 0.25) is 5.95 Å². The van der Waals surface area contributed by atoms with Gasteiger partial charge in [-0.15, -0.1) is 0 Å². The Morgan fingerprint density at radius 2 is 1.13 bits per heavy atom. The summed E-state index contributed by atoms with van der Waals surface area (Å²) >= 11 is 0. The van der Waals surface area contributed by atoms with Gasteiger partial charge in [-0.05, 0) is 100 Å². The summed E-state index contributed by atoms with van der Waals surface area (Å²) in [6, 6.07) is 58.5. The number of furan rings is 1. The van der Waals surface area contributed by atoms with Crippen molar-refractivity contribution in [1.82, 2.24) is 24.1 Å². The van der Waals surface area contributed by atoms with Gasteiger partial charge < -0.3 is 8.98 Å². The molecular formula is C57H43N5O. The number of benzene rings is 8. The molecule has 6 nitrogen and oxygen atoms in total. The molecule has 0 radical (unpaired) electrons. The first kappa shape index (κ1) is 36.1. The van der Waals surface area contributed by atoms with Crippen LogP contribution in [0.2, 0.25) is 0 Å². The zero-order chi connectivity index (χ0) is 42.2. The van der Waals surface area contributed by atoms with Crippen LogP contribution < -0.4 is 0 Å². The number of aromatic nitrogens is 5. The van der Waals surface area contributed by atoms with Gasteiger partial charge in [0.25, 0.3) is 0 Å². The first-order chi connectivity index (χ1) is 30.7. The quantitative estimate of drug-likeness (QED) is 0.178. The molecule has 0 fully saturated rings. The van der Waals surface area contributed by atoms with Crippen molar-refractivity contribution in [3.8, 4) is 34.4 Å². The van der Waals surface area contributed by atoms with E-state index in [0.717, 1.165) is 89.7 Å². The Kier molecular flexibility index (Phi) is 7.44. The molecule has 8 aromatic carbocycles. The van der Waals surface area contributed by atoms with Gasteiger partial charge in [-0.2, -0.15) is 9.97 Å². The Morgan fingerprint density at radius 1 is 0.460 bits per heavy atom. The summed E-state index contributed by atoms with van der Waals surface area (Å²) in [5, 5.41) is 9.07. The Bertz CT molecular complexity index is 3860. The highest BCUT2D eigenvalue weighted by molar-refractivity contribution is 6.26. The molecule has 1 aliphatic carbocycles. The van der Waals surface area contributed by atoms with Crippen molar-refractivity contribution < 1.29 is 4.42 Å². The first-order valence-corrected chi connectivity index (χ1v) is 22.0. The predicted octanol–water partition coefficient (Wildman–Crippen LogP) is 14.8. The van der Waals surface area contributed by atoms with E-state index >= 15 is 0 Å². The Labute approximate surface area is 364 Å². The molecule has 0 saturated heterocycles. The standard InChI is InChI=1S/C57H43N5O/c1-56(2)29-30-57(3,4)45-33-48-43(32-44(45)56)51-47(61(48)36-17-6-5-7-18-36)28-27-41-38-20-10-12-23-46(38)62(52(41)51)55-59-53(35-25-26-40-39-21-11-13-24-49(39)63-50(40)31-35)58-54(60-55)42-22-14-16-34-15-8-9-19-37(34)42/h5-28,31-33H,29-30H2,1-4H3. The highest BCUT2D eigenvalue weighted by atomic mass is 16.3. The van der Waals surface area contributed by atoms with E-state index in [4.69, 9.17) is 19.4 Å². The summed E-state index contributed by atoms with van der Waals surface area (Å²) < 4.78 is 11.2. The normalized spacial score (nSPS) is 14.8. The van der Waals surface area contributed by atoms with E-state index in [2.05, 4.69) is 188 Å². The maximum Gasteiger partial charge on any atom is 0.238 e. The summed E-state index contributed by atoms with van der Waals surface area (Å²) in [5.74, 6) is 1.75. The van der Waals surface area contributed by atoms with Crippen LogP contribution in [-0.2, 0) is 10.8 Å². The molecule has 4 heterocycles. The van der Waals surface area contributed by atoms with Crippen molar-refractivity contribution in [3.63, 3.8) is 0 Å². The van der Waals surface area contributed by atoms with E-state index in [0.29, 0.717) is 17.6 Å². The van der Waals surface area contributed by atoms with Crippen LogP contribution in [0.25, 0.3) is 111 Å². The van der Waals surface area contributed by atoms with Gasteiger partial charge in [-0.25, -0.2) is 4.98 Å². The number of para-hydroxylation sites is 3. The largest absolute Gasteiger partial charge is 0.456 e. The molecule has 13 rings (SSSR count). The van der Waals surface area contributed by atoms with Crippen LogP contribution in [0.15, 0.2) is 168 Å². The second kappa shape index (κ2) is 13.0.